The van der Waals surface area contributed by atoms with Crippen molar-refractivity contribution in [3.63, 3.8) is 0 Å². The first kappa shape index (κ1) is 23.8. The number of ether oxygens (including phenoxy) is 2. The molecule has 0 saturated carbocycles. The second kappa shape index (κ2) is 10.7. The highest BCUT2D eigenvalue weighted by atomic mass is 32.2. The molecule has 4 rings (SSSR count). The van der Waals surface area contributed by atoms with Crippen molar-refractivity contribution in [1.29, 1.82) is 0 Å². The minimum absolute atomic E-state index is 0.0882. The molecule has 2 aromatic heterocycles. The molecular formula is C24H24N4O4S2. The summed E-state index contributed by atoms with van der Waals surface area (Å²) < 4.78 is 11.7. The van der Waals surface area contributed by atoms with Gasteiger partial charge in [0.05, 0.1) is 30.4 Å². The van der Waals surface area contributed by atoms with Gasteiger partial charge >= 0.3 is 0 Å². The fourth-order valence-corrected chi connectivity index (χ4v) is 5.07. The molecule has 1 amide bonds. The molecule has 0 bridgehead atoms. The molecule has 4 aromatic rings. The maximum atomic E-state index is 12.7. The minimum atomic E-state index is -0.323. The molecule has 0 spiro atoms. The van der Waals surface area contributed by atoms with Gasteiger partial charge in [-0.15, -0.1) is 0 Å². The van der Waals surface area contributed by atoms with Crippen LogP contribution < -0.4 is 20.3 Å². The number of thiazole rings is 1. The molecule has 2 heterocycles. The average Bonchev–Trinajstić information content (AvgIpc) is 3.22. The Balaban J connectivity index is 1.41. The van der Waals surface area contributed by atoms with E-state index in [2.05, 4.69) is 20.3 Å². The number of amides is 1. The molecule has 0 radical (unpaired) electrons. The number of nitrogens with one attached hydrogen (secondary N) is 2. The van der Waals surface area contributed by atoms with Crippen LogP contribution in [0.3, 0.4) is 0 Å². The number of methoxy groups -OCH3 is 1. The van der Waals surface area contributed by atoms with E-state index in [1.54, 1.807) is 14.0 Å². The minimum Gasteiger partial charge on any atom is -0.497 e. The van der Waals surface area contributed by atoms with E-state index >= 15 is 0 Å². The number of fused-ring (bicyclic) bond motifs is 1. The normalized spacial score (nSPS) is 10.9. The summed E-state index contributed by atoms with van der Waals surface area (Å²) in [5.74, 6) is 1.84. The second-order valence-electron chi connectivity index (χ2n) is 7.38. The molecule has 0 aliphatic rings. The highest BCUT2D eigenvalue weighted by molar-refractivity contribution is 7.98. The van der Waals surface area contributed by atoms with Gasteiger partial charge < -0.3 is 19.8 Å². The van der Waals surface area contributed by atoms with E-state index in [9.17, 15) is 9.59 Å². The van der Waals surface area contributed by atoms with Gasteiger partial charge in [-0.2, -0.15) is 0 Å². The number of hydrogen-bond donors (Lipinski definition) is 2. The van der Waals surface area contributed by atoms with Crippen molar-refractivity contribution in [2.24, 2.45) is 0 Å². The third-order valence-corrected chi connectivity index (χ3v) is 6.84. The van der Waals surface area contributed by atoms with Gasteiger partial charge in [0.25, 0.3) is 5.56 Å². The SMILES string of the molecule is CCOc1ccc2nc(NC(=O)Cc3c(C)nc(SCc4cccc(OC)c4)[nH]c3=O)sc2c1. The summed E-state index contributed by atoms with van der Waals surface area (Å²) in [6.45, 7) is 4.24. The van der Waals surface area contributed by atoms with Crippen LogP contribution in [-0.2, 0) is 17.0 Å². The van der Waals surface area contributed by atoms with Crippen molar-refractivity contribution < 1.29 is 14.3 Å². The molecule has 2 aromatic carbocycles. The molecule has 0 fully saturated rings. The van der Waals surface area contributed by atoms with Gasteiger partial charge in [0.2, 0.25) is 5.91 Å². The lowest BCUT2D eigenvalue weighted by atomic mass is 10.1. The van der Waals surface area contributed by atoms with Crippen LogP contribution in [-0.4, -0.2) is 34.6 Å². The number of aryl methyl sites for hydroxylation is 1. The summed E-state index contributed by atoms with van der Waals surface area (Å²) >= 11 is 2.77. The lowest BCUT2D eigenvalue weighted by molar-refractivity contribution is -0.115. The number of carbonyl (C=O) groups excluding carboxylic acids is 1. The van der Waals surface area contributed by atoms with E-state index in [0.717, 1.165) is 27.3 Å². The molecule has 2 N–H and O–H groups in total. The van der Waals surface area contributed by atoms with Crippen LogP contribution in [0.1, 0.15) is 23.7 Å². The third kappa shape index (κ3) is 5.75. The van der Waals surface area contributed by atoms with E-state index in [-0.39, 0.29) is 17.9 Å². The van der Waals surface area contributed by atoms with Gasteiger partial charge in [-0.1, -0.05) is 35.2 Å². The number of nitrogens with zero attached hydrogens (tertiary/aromatic N) is 2. The molecular weight excluding hydrogens is 472 g/mol. The van der Waals surface area contributed by atoms with E-state index in [1.807, 2.05) is 49.4 Å². The number of thioether (sulfide) groups is 1. The summed E-state index contributed by atoms with van der Waals surface area (Å²) in [4.78, 5) is 37.0. The van der Waals surface area contributed by atoms with Gasteiger partial charge in [0.1, 0.15) is 11.5 Å². The van der Waals surface area contributed by atoms with Gasteiger partial charge in [-0.25, -0.2) is 9.97 Å². The number of rotatable bonds is 9. The summed E-state index contributed by atoms with van der Waals surface area (Å²) in [5.41, 5.74) is 2.37. The van der Waals surface area contributed by atoms with Crippen molar-refractivity contribution in [2.75, 3.05) is 19.0 Å². The van der Waals surface area contributed by atoms with E-state index in [1.165, 1.54) is 23.1 Å². The Morgan fingerprint density at radius 3 is 2.79 bits per heavy atom. The van der Waals surface area contributed by atoms with Crippen molar-refractivity contribution in [1.82, 2.24) is 15.0 Å². The van der Waals surface area contributed by atoms with Crippen LogP contribution >= 0.6 is 23.1 Å². The monoisotopic (exact) mass is 496 g/mol. The molecule has 34 heavy (non-hydrogen) atoms. The molecule has 176 valence electrons. The summed E-state index contributed by atoms with van der Waals surface area (Å²) in [6, 6.07) is 13.3. The molecule has 10 heteroatoms. The third-order valence-electron chi connectivity index (χ3n) is 4.96. The summed E-state index contributed by atoms with van der Waals surface area (Å²) in [7, 11) is 1.62. The predicted octanol–water partition coefficient (Wildman–Crippen LogP) is 4.57. The topological polar surface area (TPSA) is 106 Å². The Morgan fingerprint density at radius 1 is 1.18 bits per heavy atom. The number of aromatic nitrogens is 3. The first-order valence-corrected chi connectivity index (χ1v) is 12.4. The van der Waals surface area contributed by atoms with Crippen molar-refractivity contribution in [2.45, 2.75) is 31.2 Å². The fraction of sp³-hybridized carbons (Fsp3) is 0.250. The number of aromatic amines is 1. The molecule has 0 aliphatic heterocycles. The number of carbonyl (C=O) groups is 1. The molecule has 0 aliphatic carbocycles. The van der Waals surface area contributed by atoms with Crippen LogP contribution in [0.15, 0.2) is 52.4 Å². The fourth-order valence-electron chi connectivity index (χ4n) is 3.31. The Bertz CT molecular complexity index is 1380. The molecule has 0 saturated heterocycles. The average molecular weight is 497 g/mol. The van der Waals surface area contributed by atoms with Crippen LogP contribution in [0.25, 0.3) is 10.2 Å². The van der Waals surface area contributed by atoms with E-state index in [4.69, 9.17) is 9.47 Å². The summed E-state index contributed by atoms with van der Waals surface area (Å²) in [6.07, 6.45) is -0.0882. The summed E-state index contributed by atoms with van der Waals surface area (Å²) in [5, 5.41) is 3.77. The molecule has 0 atom stereocenters. The first-order valence-electron chi connectivity index (χ1n) is 10.6. The molecule has 8 nitrogen and oxygen atoms in total. The number of benzene rings is 2. The van der Waals surface area contributed by atoms with Crippen LogP contribution in [0.4, 0.5) is 5.13 Å². The second-order valence-corrected chi connectivity index (χ2v) is 9.38. The van der Waals surface area contributed by atoms with Gasteiger partial charge in [0, 0.05) is 17.0 Å². The Labute approximate surface area is 204 Å². The largest absolute Gasteiger partial charge is 0.497 e. The van der Waals surface area contributed by atoms with Crippen LogP contribution in [0.2, 0.25) is 0 Å². The maximum absolute atomic E-state index is 12.7. The van der Waals surface area contributed by atoms with Crippen LogP contribution in [0, 0.1) is 6.92 Å². The number of hydrogen-bond acceptors (Lipinski definition) is 8. The first-order chi connectivity index (χ1) is 16.4. The van der Waals surface area contributed by atoms with Crippen molar-refractivity contribution in [3.8, 4) is 11.5 Å². The molecule has 0 unspecified atom stereocenters. The zero-order valence-corrected chi connectivity index (χ0v) is 20.6. The highest BCUT2D eigenvalue weighted by Crippen LogP contribution is 2.29. The Hall–Kier alpha value is -3.37. The smallest absolute Gasteiger partial charge is 0.255 e. The Morgan fingerprint density at radius 2 is 2.03 bits per heavy atom. The lowest BCUT2D eigenvalue weighted by Gasteiger charge is -2.08. The van der Waals surface area contributed by atoms with E-state index in [0.29, 0.717) is 33.9 Å². The van der Waals surface area contributed by atoms with Gasteiger partial charge in [0.15, 0.2) is 10.3 Å². The van der Waals surface area contributed by atoms with Crippen molar-refractivity contribution in [3.05, 3.63) is 69.6 Å². The lowest BCUT2D eigenvalue weighted by Crippen LogP contribution is -2.23. The van der Waals surface area contributed by atoms with E-state index < -0.39 is 0 Å². The van der Waals surface area contributed by atoms with Gasteiger partial charge in [-0.3, -0.25) is 9.59 Å². The van der Waals surface area contributed by atoms with Crippen molar-refractivity contribution >= 4 is 44.4 Å². The quantitative estimate of drug-likeness (QED) is 0.258. The number of anilines is 1. The highest BCUT2D eigenvalue weighted by Gasteiger charge is 2.15. The van der Waals surface area contributed by atoms with Crippen LogP contribution in [0.5, 0.6) is 11.5 Å². The van der Waals surface area contributed by atoms with Gasteiger partial charge in [-0.05, 0) is 49.7 Å². The predicted molar refractivity (Wildman–Crippen MR) is 135 cm³/mol. The zero-order valence-electron chi connectivity index (χ0n) is 19.0. The zero-order chi connectivity index (χ0) is 24.1. The number of H-pyrrole nitrogens is 1. The Kier molecular flexibility index (Phi) is 7.49. The maximum Gasteiger partial charge on any atom is 0.255 e. The standard InChI is InChI=1S/C24H24N4O4S2/c1-4-32-17-8-9-19-20(11-17)34-24(26-19)27-21(29)12-18-14(2)25-23(28-22(18)30)33-13-15-6-5-7-16(10-15)31-3/h5-11H,4,12-13H2,1-3H3,(H,25,28,30)(H,26,27,29).